The van der Waals surface area contributed by atoms with Crippen molar-refractivity contribution in [2.45, 2.75) is 6.54 Å². The van der Waals surface area contributed by atoms with Crippen molar-refractivity contribution >= 4 is 22.9 Å². The summed E-state index contributed by atoms with van der Waals surface area (Å²) in [6.45, 7) is -0.0934. The molecule has 3 aromatic carbocycles. The van der Waals surface area contributed by atoms with Crippen LogP contribution in [0.2, 0.25) is 0 Å². The third kappa shape index (κ3) is 4.11. The number of hydrogen-bond donors (Lipinski definition) is 1. The van der Waals surface area contributed by atoms with Crippen molar-refractivity contribution in [3.8, 4) is 17.1 Å². The maximum absolute atomic E-state index is 12.2. The molecule has 8 heteroatoms. The number of benzene rings is 3. The molecule has 0 radical (unpaired) electrons. The number of hydrogen-bond acceptors (Lipinski definition) is 6. The van der Waals surface area contributed by atoms with Gasteiger partial charge in [0.15, 0.2) is 0 Å². The fourth-order valence-electron chi connectivity index (χ4n) is 2.93. The summed E-state index contributed by atoms with van der Waals surface area (Å²) in [7, 11) is 1.60. The van der Waals surface area contributed by atoms with Gasteiger partial charge < -0.3 is 4.74 Å². The molecule has 0 aliphatic carbocycles. The van der Waals surface area contributed by atoms with Crippen molar-refractivity contribution < 1.29 is 9.53 Å². The highest BCUT2D eigenvalue weighted by molar-refractivity contribution is 6.02. The number of aromatic nitrogens is 4. The molecule has 0 aliphatic heterocycles. The summed E-state index contributed by atoms with van der Waals surface area (Å²) < 4.78 is 5.42. The Bertz CT molecular complexity index is 1170. The lowest BCUT2D eigenvalue weighted by atomic mass is 10.0. The second-order valence-electron chi connectivity index (χ2n) is 6.21. The standard InChI is InChI=1S/C21H18N6O2/c1-29-19-12-11-15-7-5-6-10-17(15)18(19)13-22-23-20(28)14-27-25-21(24-26-27)16-8-3-2-4-9-16/h2-13H,14H2,1H3,(H,23,28). The van der Waals surface area contributed by atoms with E-state index in [-0.39, 0.29) is 12.5 Å². The lowest BCUT2D eigenvalue weighted by molar-refractivity contribution is -0.122. The van der Waals surface area contributed by atoms with Gasteiger partial charge in [0, 0.05) is 11.1 Å². The van der Waals surface area contributed by atoms with Crippen LogP contribution in [0.3, 0.4) is 0 Å². The summed E-state index contributed by atoms with van der Waals surface area (Å²) in [5.41, 5.74) is 4.11. The van der Waals surface area contributed by atoms with Crippen molar-refractivity contribution in [2.75, 3.05) is 7.11 Å². The van der Waals surface area contributed by atoms with Crippen LogP contribution in [0.15, 0.2) is 71.8 Å². The van der Waals surface area contributed by atoms with E-state index >= 15 is 0 Å². The van der Waals surface area contributed by atoms with E-state index in [1.165, 1.54) is 4.80 Å². The van der Waals surface area contributed by atoms with E-state index in [9.17, 15) is 4.79 Å². The number of amides is 1. The fraction of sp³-hybridized carbons (Fsp3) is 0.0952. The SMILES string of the molecule is COc1ccc2ccccc2c1C=NNC(=O)Cn1nnc(-c2ccccc2)n1. The zero-order chi connectivity index (χ0) is 20.1. The van der Waals surface area contributed by atoms with Gasteiger partial charge in [-0.1, -0.05) is 60.7 Å². The first-order valence-corrected chi connectivity index (χ1v) is 8.95. The van der Waals surface area contributed by atoms with Crippen LogP contribution in [-0.2, 0) is 11.3 Å². The summed E-state index contributed by atoms with van der Waals surface area (Å²) in [5.74, 6) is 0.770. The van der Waals surface area contributed by atoms with Gasteiger partial charge in [0.05, 0.1) is 13.3 Å². The van der Waals surface area contributed by atoms with Crippen molar-refractivity contribution in [3.05, 3.63) is 72.3 Å². The molecule has 1 N–H and O–H groups in total. The van der Waals surface area contributed by atoms with Gasteiger partial charge in [-0.15, -0.1) is 10.2 Å². The summed E-state index contributed by atoms with van der Waals surface area (Å²) in [6.07, 6.45) is 1.57. The zero-order valence-electron chi connectivity index (χ0n) is 15.7. The Kier molecular flexibility index (Phi) is 5.24. The molecule has 4 aromatic rings. The average Bonchev–Trinajstić information content (AvgIpc) is 3.23. The van der Waals surface area contributed by atoms with Crippen molar-refractivity contribution in [2.24, 2.45) is 5.10 Å². The lowest BCUT2D eigenvalue weighted by Crippen LogP contribution is -2.24. The molecular weight excluding hydrogens is 368 g/mol. The molecule has 0 fully saturated rings. The number of hydrazone groups is 1. The van der Waals surface area contributed by atoms with Crippen molar-refractivity contribution in [1.29, 1.82) is 0 Å². The molecule has 0 aliphatic rings. The quantitative estimate of drug-likeness (QED) is 0.406. The molecule has 0 saturated heterocycles. The van der Waals surface area contributed by atoms with Crippen LogP contribution in [0.1, 0.15) is 5.56 Å². The lowest BCUT2D eigenvalue weighted by Gasteiger charge is -2.08. The van der Waals surface area contributed by atoms with Crippen LogP contribution in [0.5, 0.6) is 5.75 Å². The highest BCUT2D eigenvalue weighted by atomic mass is 16.5. The van der Waals surface area contributed by atoms with Gasteiger partial charge >= 0.3 is 0 Å². The molecule has 29 heavy (non-hydrogen) atoms. The fourth-order valence-corrected chi connectivity index (χ4v) is 2.93. The van der Waals surface area contributed by atoms with E-state index in [4.69, 9.17) is 4.74 Å². The molecule has 0 unspecified atom stereocenters. The third-order valence-corrected chi connectivity index (χ3v) is 4.30. The Labute approximate surface area is 166 Å². The van der Waals surface area contributed by atoms with Crippen LogP contribution < -0.4 is 10.2 Å². The first-order chi connectivity index (χ1) is 14.2. The van der Waals surface area contributed by atoms with Gasteiger partial charge in [-0.2, -0.15) is 9.90 Å². The van der Waals surface area contributed by atoms with Crippen molar-refractivity contribution in [1.82, 2.24) is 25.6 Å². The van der Waals surface area contributed by atoms with Crippen molar-refractivity contribution in [3.63, 3.8) is 0 Å². The van der Waals surface area contributed by atoms with Gasteiger partial charge in [-0.3, -0.25) is 4.79 Å². The molecule has 0 bridgehead atoms. The van der Waals surface area contributed by atoms with Crippen LogP contribution >= 0.6 is 0 Å². The Hall–Kier alpha value is -4.07. The first kappa shape index (κ1) is 18.3. The summed E-state index contributed by atoms with van der Waals surface area (Å²) in [6, 6.07) is 21.2. The van der Waals surface area contributed by atoms with Gasteiger partial charge in [-0.25, -0.2) is 5.43 Å². The number of nitrogens with zero attached hydrogens (tertiary/aromatic N) is 5. The normalized spacial score (nSPS) is 11.1. The molecule has 0 atom stereocenters. The summed E-state index contributed by atoms with van der Waals surface area (Å²) in [4.78, 5) is 13.4. The number of fused-ring (bicyclic) bond motifs is 1. The average molecular weight is 386 g/mol. The molecular formula is C21H18N6O2. The molecule has 4 rings (SSSR count). The van der Waals surface area contributed by atoms with Crippen LogP contribution in [0, 0.1) is 0 Å². The minimum atomic E-state index is -0.363. The van der Waals surface area contributed by atoms with E-state index in [2.05, 4.69) is 25.9 Å². The summed E-state index contributed by atoms with van der Waals surface area (Å²) in [5, 5.41) is 18.2. The van der Waals surface area contributed by atoms with Crippen LogP contribution in [-0.4, -0.2) is 39.4 Å². The Morgan fingerprint density at radius 3 is 2.72 bits per heavy atom. The van der Waals surface area contributed by atoms with Crippen LogP contribution in [0.4, 0.5) is 0 Å². The molecule has 8 nitrogen and oxygen atoms in total. The van der Waals surface area contributed by atoms with E-state index in [1.807, 2.05) is 66.7 Å². The second-order valence-corrected chi connectivity index (χ2v) is 6.21. The largest absolute Gasteiger partial charge is 0.496 e. The first-order valence-electron chi connectivity index (χ1n) is 8.95. The molecule has 1 amide bonds. The maximum atomic E-state index is 12.2. The Balaban J connectivity index is 1.45. The number of nitrogens with one attached hydrogen (secondary N) is 1. The smallest absolute Gasteiger partial charge is 0.263 e. The van der Waals surface area contributed by atoms with Gasteiger partial charge in [0.25, 0.3) is 5.91 Å². The maximum Gasteiger partial charge on any atom is 0.263 e. The number of tetrazole rings is 1. The summed E-state index contributed by atoms with van der Waals surface area (Å²) >= 11 is 0. The van der Waals surface area contributed by atoms with Gasteiger partial charge in [-0.05, 0) is 22.1 Å². The molecule has 0 saturated carbocycles. The zero-order valence-corrected chi connectivity index (χ0v) is 15.7. The minimum absolute atomic E-state index is 0.0934. The van der Waals surface area contributed by atoms with Gasteiger partial charge in [0.1, 0.15) is 12.3 Å². The second kappa shape index (κ2) is 8.30. The van der Waals surface area contributed by atoms with Gasteiger partial charge in [0.2, 0.25) is 5.82 Å². The Morgan fingerprint density at radius 2 is 1.90 bits per heavy atom. The van der Waals surface area contributed by atoms with E-state index in [1.54, 1.807) is 13.3 Å². The molecule has 1 aromatic heterocycles. The number of ether oxygens (including phenoxy) is 1. The third-order valence-electron chi connectivity index (χ3n) is 4.30. The Morgan fingerprint density at radius 1 is 1.10 bits per heavy atom. The molecule has 1 heterocycles. The minimum Gasteiger partial charge on any atom is -0.496 e. The topological polar surface area (TPSA) is 94.3 Å². The number of carbonyl (C=O) groups excluding carboxylic acids is 1. The molecule has 144 valence electrons. The predicted molar refractivity (Wildman–Crippen MR) is 109 cm³/mol. The molecule has 0 spiro atoms. The highest BCUT2D eigenvalue weighted by Gasteiger charge is 2.09. The predicted octanol–water partition coefficient (Wildman–Crippen LogP) is 2.65. The van der Waals surface area contributed by atoms with E-state index in [0.717, 1.165) is 21.9 Å². The van der Waals surface area contributed by atoms with E-state index < -0.39 is 0 Å². The number of rotatable bonds is 6. The van der Waals surface area contributed by atoms with Crippen LogP contribution in [0.25, 0.3) is 22.2 Å². The number of carbonyl (C=O) groups is 1. The number of methoxy groups -OCH3 is 1. The van der Waals surface area contributed by atoms with E-state index in [0.29, 0.717) is 11.6 Å². The monoisotopic (exact) mass is 386 g/mol. The highest BCUT2D eigenvalue weighted by Crippen LogP contribution is 2.26.